The van der Waals surface area contributed by atoms with Crippen molar-refractivity contribution in [3.8, 4) is 0 Å². The summed E-state index contributed by atoms with van der Waals surface area (Å²) in [5.41, 5.74) is -0.467. The quantitative estimate of drug-likeness (QED) is 0.821. The zero-order chi connectivity index (χ0) is 17.0. The summed E-state index contributed by atoms with van der Waals surface area (Å²) in [6.07, 6.45) is 8.08. The van der Waals surface area contributed by atoms with Gasteiger partial charge in [-0.3, -0.25) is 0 Å². The minimum Gasteiger partial charge on any atom is -0.444 e. The van der Waals surface area contributed by atoms with Gasteiger partial charge in [-0.2, -0.15) is 0 Å². The van der Waals surface area contributed by atoms with Crippen molar-refractivity contribution < 1.29 is 14.6 Å². The van der Waals surface area contributed by atoms with E-state index in [9.17, 15) is 9.90 Å². The molecule has 4 nitrogen and oxygen atoms in total. The van der Waals surface area contributed by atoms with Crippen LogP contribution in [0.15, 0.2) is 0 Å². The van der Waals surface area contributed by atoms with Crippen molar-refractivity contribution in [2.75, 3.05) is 6.54 Å². The highest BCUT2D eigenvalue weighted by Crippen LogP contribution is 2.38. The number of aliphatic hydroxyl groups is 1. The summed E-state index contributed by atoms with van der Waals surface area (Å²) < 4.78 is 5.65. The summed E-state index contributed by atoms with van der Waals surface area (Å²) in [4.78, 5) is 14.6. The summed E-state index contributed by atoms with van der Waals surface area (Å²) in [6, 6.07) is 0.136. The van der Waals surface area contributed by atoms with Crippen molar-refractivity contribution in [3.05, 3.63) is 0 Å². The van der Waals surface area contributed by atoms with Crippen LogP contribution < -0.4 is 0 Å². The van der Waals surface area contributed by atoms with Gasteiger partial charge in [-0.1, -0.05) is 26.2 Å². The van der Waals surface area contributed by atoms with E-state index in [1.54, 1.807) is 0 Å². The van der Waals surface area contributed by atoms with E-state index in [-0.39, 0.29) is 24.2 Å². The van der Waals surface area contributed by atoms with Gasteiger partial charge in [0.05, 0.1) is 6.10 Å². The highest BCUT2D eigenvalue weighted by molar-refractivity contribution is 5.68. The molecule has 1 saturated carbocycles. The Bertz CT molecular complexity index is 391. The summed E-state index contributed by atoms with van der Waals surface area (Å²) in [5, 5.41) is 10.6. The number of nitrogens with zero attached hydrogens (tertiary/aromatic N) is 1. The minimum atomic E-state index is -0.467. The molecule has 1 aliphatic carbocycles. The van der Waals surface area contributed by atoms with Crippen molar-refractivity contribution >= 4 is 6.09 Å². The van der Waals surface area contributed by atoms with Gasteiger partial charge in [0.2, 0.25) is 0 Å². The summed E-state index contributed by atoms with van der Waals surface area (Å²) >= 11 is 0. The van der Waals surface area contributed by atoms with Crippen molar-refractivity contribution in [1.29, 1.82) is 0 Å². The Morgan fingerprint density at radius 2 is 1.91 bits per heavy atom. The number of aliphatic hydroxyl groups excluding tert-OH is 1. The largest absolute Gasteiger partial charge is 0.444 e. The van der Waals surface area contributed by atoms with E-state index in [0.717, 1.165) is 51.5 Å². The fourth-order valence-electron chi connectivity index (χ4n) is 4.19. The zero-order valence-corrected chi connectivity index (χ0v) is 15.4. The molecule has 2 fully saturated rings. The third-order valence-electron chi connectivity index (χ3n) is 5.47. The van der Waals surface area contributed by atoms with E-state index in [0.29, 0.717) is 5.92 Å². The van der Waals surface area contributed by atoms with E-state index in [4.69, 9.17) is 4.74 Å². The molecular weight excluding hydrogens is 290 g/mol. The van der Waals surface area contributed by atoms with Crippen LogP contribution in [0.4, 0.5) is 4.79 Å². The minimum absolute atomic E-state index is 0.136. The lowest BCUT2D eigenvalue weighted by molar-refractivity contribution is -0.0250. The SMILES string of the molecule is CCC1CCC(O)C(C2CCCCCN2C(=O)OC(C)(C)C)C1. The normalized spacial score (nSPS) is 33.2. The topological polar surface area (TPSA) is 49.8 Å². The summed E-state index contributed by atoms with van der Waals surface area (Å²) in [6.45, 7) is 8.75. The van der Waals surface area contributed by atoms with Crippen LogP contribution >= 0.6 is 0 Å². The molecule has 0 aromatic rings. The number of hydrogen-bond acceptors (Lipinski definition) is 3. The molecule has 1 heterocycles. The average molecular weight is 325 g/mol. The molecule has 4 atom stereocenters. The lowest BCUT2D eigenvalue weighted by Gasteiger charge is -2.42. The second kappa shape index (κ2) is 7.87. The predicted octanol–water partition coefficient (Wildman–Crippen LogP) is 4.35. The molecule has 2 rings (SSSR count). The molecule has 0 radical (unpaired) electrons. The van der Waals surface area contributed by atoms with E-state index in [2.05, 4.69) is 6.92 Å². The summed E-state index contributed by atoms with van der Waals surface area (Å²) in [5.74, 6) is 0.895. The van der Waals surface area contributed by atoms with Crippen LogP contribution in [0.2, 0.25) is 0 Å². The number of carbonyl (C=O) groups is 1. The predicted molar refractivity (Wildman–Crippen MR) is 92.3 cm³/mol. The maximum atomic E-state index is 12.7. The Balaban J connectivity index is 2.15. The van der Waals surface area contributed by atoms with Gasteiger partial charge in [0.25, 0.3) is 0 Å². The third-order valence-corrected chi connectivity index (χ3v) is 5.47. The van der Waals surface area contributed by atoms with Crippen LogP contribution in [0.25, 0.3) is 0 Å². The van der Waals surface area contributed by atoms with Gasteiger partial charge < -0.3 is 14.7 Å². The number of amides is 1. The molecule has 134 valence electrons. The zero-order valence-electron chi connectivity index (χ0n) is 15.4. The lowest BCUT2D eigenvalue weighted by atomic mass is 9.73. The second-order valence-corrected chi connectivity index (χ2v) is 8.41. The summed E-state index contributed by atoms with van der Waals surface area (Å²) in [7, 11) is 0. The molecule has 0 bridgehead atoms. The van der Waals surface area contributed by atoms with Gasteiger partial charge in [0, 0.05) is 18.5 Å². The highest BCUT2D eigenvalue weighted by Gasteiger charge is 2.40. The standard InChI is InChI=1S/C19H35NO3/c1-5-14-10-11-17(21)15(13-14)16-9-7-6-8-12-20(16)18(22)23-19(2,3)4/h14-17,21H,5-13H2,1-4H3. The highest BCUT2D eigenvalue weighted by atomic mass is 16.6. The smallest absolute Gasteiger partial charge is 0.410 e. The first-order chi connectivity index (χ1) is 10.8. The Labute approximate surface area is 141 Å². The molecule has 2 aliphatic rings. The number of likely N-dealkylation sites (tertiary alicyclic amines) is 1. The molecular formula is C19H35NO3. The Morgan fingerprint density at radius 3 is 2.57 bits per heavy atom. The lowest BCUT2D eigenvalue weighted by Crippen LogP contribution is -2.50. The molecule has 4 heteroatoms. The van der Waals surface area contributed by atoms with Crippen molar-refractivity contribution in [2.24, 2.45) is 11.8 Å². The van der Waals surface area contributed by atoms with Crippen LogP contribution in [0.5, 0.6) is 0 Å². The van der Waals surface area contributed by atoms with Crippen molar-refractivity contribution in [3.63, 3.8) is 0 Å². The van der Waals surface area contributed by atoms with Gasteiger partial charge in [-0.15, -0.1) is 0 Å². The van der Waals surface area contributed by atoms with Crippen LogP contribution in [0.1, 0.15) is 79.1 Å². The molecule has 4 unspecified atom stereocenters. The van der Waals surface area contributed by atoms with Crippen LogP contribution in [0.3, 0.4) is 0 Å². The molecule has 0 aromatic carbocycles. The van der Waals surface area contributed by atoms with E-state index in [1.807, 2.05) is 25.7 Å². The molecule has 1 amide bonds. The first-order valence-electron chi connectivity index (χ1n) is 9.49. The van der Waals surface area contributed by atoms with Crippen molar-refractivity contribution in [1.82, 2.24) is 4.90 Å². The fourth-order valence-corrected chi connectivity index (χ4v) is 4.19. The maximum absolute atomic E-state index is 12.7. The third kappa shape index (κ3) is 5.10. The molecule has 0 spiro atoms. The Kier molecular flexibility index (Phi) is 6.35. The number of ether oxygens (including phenoxy) is 1. The molecule has 23 heavy (non-hydrogen) atoms. The van der Waals surface area contributed by atoms with E-state index >= 15 is 0 Å². The van der Waals surface area contributed by atoms with Crippen LogP contribution in [-0.2, 0) is 4.74 Å². The van der Waals surface area contributed by atoms with Gasteiger partial charge in [-0.25, -0.2) is 4.79 Å². The van der Waals surface area contributed by atoms with Crippen molar-refractivity contribution in [2.45, 2.75) is 96.8 Å². The van der Waals surface area contributed by atoms with E-state index < -0.39 is 5.60 Å². The number of hydrogen-bond donors (Lipinski definition) is 1. The average Bonchev–Trinajstić information content (AvgIpc) is 2.71. The van der Waals surface area contributed by atoms with Gasteiger partial charge >= 0.3 is 6.09 Å². The molecule has 1 N–H and O–H groups in total. The first-order valence-corrected chi connectivity index (χ1v) is 9.49. The van der Waals surface area contributed by atoms with Gasteiger partial charge in [0.1, 0.15) is 5.60 Å². The molecule has 1 aliphatic heterocycles. The molecule has 0 aromatic heterocycles. The second-order valence-electron chi connectivity index (χ2n) is 8.41. The Hall–Kier alpha value is -0.770. The maximum Gasteiger partial charge on any atom is 0.410 e. The van der Waals surface area contributed by atoms with Gasteiger partial charge in [0.15, 0.2) is 0 Å². The number of carbonyl (C=O) groups excluding carboxylic acids is 1. The van der Waals surface area contributed by atoms with Crippen LogP contribution in [0, 0.1) is 11.8 Å². The van der Waals surface area contributed by atoms with Crippen LogP contribution in [-0.4, -0.2) is 40.4 Å². The van der Waals surface area contributed by atoms with Gasteiger partial charge in [-0.05, 0) is 58.8 Å². The molecule has 1 saturated heterocycles. The fraction of sp³-hybridized carbons (Fsp3) is 0.947. The first kappa shape index (κ1) is 18.6. The monoisotopic (exact) mass is 325 g/mol. The number of rotatable bonds is 2. The van der Waals surface area contributed by atoms with E-state index in [1.165, 1.54) is 6.42 Å². The Morgan fingerprint density at radius 1 is 1.17 bits per heavy atom.